The van der Waals surface area contributed by atoms with E-state index in [2.05, 4.69) is 10.2 Å². The van der Waals surface area contributed by atoms with E-state index in [9.17, 15) is 14.4 Å². The van der Waals surface area contributed by atoms with Crippen molar-refractivity contribution in [2.45, 2.75) is 6.92 Å². The molecule has 0 radical (unpaired) electrons. The Morgan fingerprint density at radius 1 is 1.00 bits per heavy atom. The maximum atomic E-state index is 11.8. The smallest absolute Gasteiger partial charge is 0.267 e. The van der Waals surface area contributed by atoms with E-state index >= 15 is 0 Å². The first kappa shape index (κ1) is 12.1. The van der Waals surface area contributed by atoms with E-state index in [0.29, 0.717) is 5.56 Å². The topological polar surface area (TPSA) is 88.1 Å². The van der Waals surface area contributed by atoms with Crippen LogP contribution in [0.4, 0.5) is 0 Å². The van der Waals surface area contributed by atoms with Gasteiger partial charge in [0, 0.05) is 17.7 Å². The number of benzene rings is 1. The van der Waals surface area contributed by atoms with Crippen LogP contribution >= 0.6 is 0 Å². The number of hydrogen-bond acceptors (Lipinski definition) is 4. The zero-order chi connectivity index (χ0) is 14.3. The Morgan fingerprint density at radius 3 is 2.20 bits per heavy atom. The standard InChI is InChI=1S/C13H10N4O3/c1-8-2-4-9(5-3-8)12-14-15-13(20)17(12)16-10(18)6-7-11(16)19/h2-7H,1H3,(H,15,20). The van der Waals surface area contributed by atoms with Crippen molar-refractivity contribution in [3.05, 3.63) is 52.5 Å². The molecule has 1 aliphatic heterocycles. The lowest BCUT2D eigenvalue weighted by molar-refractivity contribution is -0.122. The Hall–Kier alpha value is -2.96. The Kier molecular flexibility index (Phi) is 2.60. The summed E-state index contributed by atoms with van der Waals surface area (Å²) in [4.78, 5) is 35.2. The normalized spacial score (nSPS) is 14.3. The molecule has 20 heavy (non-hydrogen) atoms. The lowest BCUT2D eigenvalue weighted by Gasteiger charge is -2.15. The highest BCUT2D eigenvalue weighted by molar-refractivity contribution is 6.23. The largest absolute Gasteiger partial charge is 0.363 e. The fourth-order valence-corrected chi connectivity index (χ4v) is 1.96. The van der Waals surface area contributed by atoms with E-state index in [1.165, 1.54) is 0 Å². The Balaban J connectivity index is 2.15. The minimum atomic E-state index is -0.647. The zero-order valence-corrected chi connectivity index (χ0v) is 10.5. The van der Waals surface area contributed by atoms with Crippen LogP contribution in [-0.2, 0) is 9.59 Å². The maximum absolute atomic E-state index is 11.8. The van der Waals surface area contributed by atoms with Crippen molar-refractivity contribution in [1.29, 1.82) is 0 Å². The Morgan fingerprint density at radius 2 is 1.60 bits per heavy atom. The predicted octanol–water partition coefficient (Wildman–Crippen LogP) is 0.108. The molecule has 0 bridgehead atoms. The summed E-state index contributed by atoms with van der Waals surface area (Å²) in [6.07, 6.45) is 2.22. The summed E-state index contributed by atoms with van der Waals surface area (Å²) >= 11 is 0. The van der Waals surface area contributed by atoms with Gasteiger partial charge in [-0.15, -0.1) is 0 Å². The van der Waals surface area contributed by atoms with Crippen molar-refractivity contribution in [2.75, 3.05) is 5.01 Å². The molecule has 0 unspecified atom stereocenters. The van der Waals surface area contributed by atoms with E-state index in [1.54, 1.807) is 12.1 Å². The van der Waals surface area contributed by atoms with E-state index in [4.69, 9.17) is 0 Å². The van der Waals surface area contributed by atoms with Gasteiger partial charge >= 0.3 is 5.69 Å². The fraction of sp³-hybridized carbons (Fsp3) is 0.0769. The molecule has 2 aromatic rings. The van der Waals surface area contributed by atoms with Gasteiger partial charge in [-0.1, -0.05) is 29.8 Å². The van der Waals surface area contributed by atoms with E-state index in [-0.39, 0.29) is 5.82 Å². The number of aromatic nitrogens is 3. The van der Waals surface area contributed by atoms with Crippen molar-refractivity contribution < 1.29 is 9.59 Å². The summed E-state index contributed by atoms with van der Waals surface area (Å²) in [7, 11) is 0. The summed E-state index contributed by atoms with van der Waals surface area (Å²) in [5.74, 6) is -0.945. The van der Waals surface area contributed by atoms with Crippen LogP contribution in [-0.4, -0.2) is 26.7 Å². The molecule has 2 amide bonds. The molecular weight excluding hydrogens is 260 g/mol. The van der Waals surface area contributed by atoms with Gasteiger partial charge in [0.15, 0.2) is 5.82 Å². The molecule has 0 spiro atoms. The van der Waals surface area contributed by atoms with Crippen molar-refractivity contribution in [1.82, 2.24) is 14.9 Å². The average molecular weight is 270 g/mol. The summed E-state index contributed by atoms with van der Waals surface area (Å²) in [6, 6.07) is 7.23. The first-order valence-electron chi connectivity index (χ1n) is 5.89. The van der Waals surface area contributed by atoms with E-state index < -0.39 is 17.5 Å². The van der Waals surface area contributed by atoms with Gasteiger partial charge in [0.05, 0.1) is 0 Å². The van der Waals surface area contributed by atoms with Crippen LogP contribution in [0.15, 0.2) is 41.2 Å². The number of carbonyl (C=O) groups excluding carboxylic acids is 2. The predicted molar refractivity (Wildman–Crippen MR) is 70.4 cm³/mol. The molecule has 1 N–H and O–H groups in total. The number of hydrogen-bond donors (Lipinski definition) is 1. The fourth-order valence-electron chi connectivity index (χ4n) is 1.96. The lowest BCUT2D eigenvalue weighted by atomic mass is 10.1. The molecule has 0 fully saturated rings. The number of H-pyrrole nitrogens is 1. The van der Waals surface area contributed by atoms with E-state index in [1.807, 2.05) is 19.1 Å². The summed E-state index contributed by atoms with van der Waals surface area (Å²) in [5, 5.41) is 6.88. The number of rotatable bonds is 2. The second-order valence-corrected chi connectivity index (χ2v) is 4.35. The number of aryl methyl sites for hydroxylation is 1. The number of aromatic amines is 1. The van der Waals surface area contributed by atoms with Gasteiger partial charge in [0.2, 0.25) is 0 Å². The van der Waals surface area contributed by atoms with Crippen LogP contribution in [0.3, 0.4) is 0 Å². The van der Waals surface area contributed by atoms with Crippen molar-refractivity contribution in [3.8, 4) is 11.4 Å². The summed E-state index contributed by atoms with van der Waals surface area (Å²) < 4.78 is 0.940. The number of carbonyl (C=O) groups is 2. The first-order valence-corrected chi connectivity index (χ1v) is 5.89. The molecule has 7 heteroatoms. The average Bonchev–Trinajstić information content (AvgIpc) is 2.94. The molecule has 1 aromatic heterocycles. The molecule has 7 nitrogen and oxygen atoms in total. The van der Waals surface area contributed by atoms with Crippen LogP contribution < -0.4 is 10.7 Å². The van der Waals surface area contributed by atoms with Gasteiger partial charge in [-0.05, 0) is 6.92 Å². The van der Waals surface area contributed by atoms with Crippen LogP contribution in [0, 0.1) is 6.92 Å². The van der Waals surface area contributed by atoms with Gasteiger partial charge in [0.25, 0.3) is 11.8 Å². The third-order valence-electron chi connectivity index (χ3n) is 2.95. The third kappa shape index (κ3) is 1.76. The van der Waals surface area contributed by atoms with Gasteiger partial charge in [-0.3, -0.25) is 9.59 Å². The summed E-state index contributed by atoms with van der Waals surface area (Å²) in [6.45, 7) is 1.93. The molecule has 100 valence electrons. The second-order valence-electron chi connectivity index (χ2n) is 4.35. The van der Waals surface area contributed by atoms with Crippen LogP contribution in [0.2, 0.25) is 0 Å². The van der Waals surface area contributed by atoms with Crippen molar-refractivity contribution >= 4 is 11.8 Å². The minimum absolute atomic E-state index is 0.209. The van der Waals surface area contributed by atoms with Gasteiger partial charge < -0.3 is 0 Å². The number of imide groups is 1. The quantitative estimate of drug-likeness (QED) is 0.784. The lowest BCUT2D eigenvalue weighted by Crippen LogP contribution is -2.45. The van der Waals surface area contributed by atoms with E-state index in [0.717, 1.165) is 27.4 Å². The minimum Gasteiger partial charge on any atom is -0.267 e. The first-order chi connectivity index (χ1) is 9.58. The van der Waals surface area contributed by atoms with Crippen molar-refractivity contribution in [3.63, 3.8) is 0 Å². The maximum Gasteiger partial charge on any atom is 0.363 e. The highest BCUT2D eigenvalue weighted by Crippen LogP contribution is 2.17. The Bertz CT molecular complexity index is 765. The third-order valence-corrected chi connectivity index (χ3v) is 2.95. The van der Waals surface area contributed by atoms with Crippen LogP contribution in [0.25, 0.3) is 11.4 Å². The Labute approximate surface area is 113 Å². The molecular formula is C13H10N4O3. The number of amides is 2. The number of nitrogens with zero attached hydrogens (tertiary/aromatic N) is 3. The number of nitrogens with one attached hydrogen (secondary N) is 1. The molecule has 1 aromatic carbocycles. The van der Waals surface area contributed by atoms with Crippen molar-refractivity contribution in [2.24, 2.45) is 0 Å². The second kappa shape index (κ2) is 4.30. The van der Waals surface area contributed by atoms with Gasteiger partial charge in [0.1, 0.15) is 0 Å². The highest BCUT2D eigenvalue weighted by Gasteiger charge is 2.29. The highest BCUT2D eigenvalue weighted by atomic mass is 16.2. The van der Waals surface area contributed by atoms with Gasteiger partial charge in [-0.2, -0.15) is 14.8 Å². The van der Waals surface area contributed by atoms with Crippen LogP contribution in [0.1, 0.15) is 5.56 Å². The zero-order valence-electron chi connectivity index (χ0n) is 10.5. The van der Waals surface area contributed by atoms with Gasteiger partial charge in [-0.25, -0.2) is 9.89 Å². The van der Waals surface area contributed by atoms with Crippen LogP contribution in [0.5, 0.6) is 0 Å². The molecule has 0 saturated carbocycles. The molecule has 2 heterocycles. The molecule has 0 atom stereocenters. The monoisotopic (exact) mass is 270 g/mol. The molecule has 3 rings (SSSR count). The summed E-state index contributed by atoms with van der Waals surface area (Å²) in [5.41, 5.74) is 1.03. The SMILES string of the molecule is Cc1ccc(-c2n[nH]c(=O)n2N2C(=O)C=CC2=O)cc1. The molecule has 1 aliphatic rings. The molecule has 0 saturated heterocycles. The molecule has 0 aliphatic carbocycles.